The number of anilines is 1. The molecule has 0 saturated carbocycles. The van der Waals surface area contributed by atoms with Crippen molar-refractivity contribution in [1.82, 2.24) is 0 Å². The topological polar surface area (TPSA) is 36.9 Å². The highest BCUT2D eigenvalue weighted by Gasteiger charge is 2.40. The molecule has 1 heterocycles. The number of amides is 1. The zero-order valence-corrected chi connectivity index (χ0v) is 15.8. The summed E-state index contributed by atoms with van der Waals surface area (Å²) in [6.45, 7) is 10.1. The van der Waals surface area contributed by atoms with Gasteiger partial charge < -0.3 is 10.2 Å². The zero-order chi connectivity index (χ0) is 18.0. The van der Waals surface area contributed by atoms with Crippen LogP contribution in [0, 0.1) is 6.92 Å². The number of carbonyl (C=O) groups is 1. The van der Waals surface area contributed by atoms with Gasteiger partial charge >= 0.3 is 0 Å². The van der Waals surface area contributed by atoms with Gasteiger partial charge in [0.05, 0.1) is 0 Å². The minimum absolute atomic E-state index is 0.153. The predicted octanol–water partition coefficient (Wildman–Crippen LogP) is 3.38. The van der Waals surface area contributed by atoms with Crippen molar-refractivity contribution in [3.05, 3.63) is 65.2 Å². The molecule has 0 saturated heterocycles. The second-order valence-electron chi connectivity index (χ2n) is 7.89. The highest BCUT2D eigenvalue weighted by molar-refractivity contribution is 5.96. The average Bonchev–Trinajstić information content (AvgIpc) is 2.56. The molecule has 25 heavy (non-hydrogen) atoms. The fourth-order valence-electron chi connectivity index (χ4n) is 4.09. The molecule has 1 aliphatic heterocycles. The molecule has 132 valence electrons. The molecule has 0 radical (unpaired) electrons. The lowest BCUT2D eigenvalue weighted by molar-refractivity contribution is -0.659. The summed E-state index contributed by atoms with van der Waals surface area (Å²) in [5, 5.41) is 2.10. The summed E-state index contributed by atoms with van der Waals surface area (Å²) in [5.74, 6) is 0.667. The predicted molar refractivity (Wildman–Crippen MR) is 103 cm³/mol. The van der Waals surface area contributed by atoms with Crippen molar-refractivity contribution in [2.24, 2.45) is 0 Å². The van der Waals surface area contributed by atoms with Crippen molar-refractivity contribution in [2.45, 2.75) is 52.1 Å². The van der Waals surface area contributed by atoms with Gasteiger partial charge in [0.15, 0.2) is 6.54 Å². The fraction of sp³-hybridized carbons (Fsp3) is 0.409. The third kappa shape index (κ3) is 3.77. The average molecular weight is 337 g/mol. The standard InChI is InChI=1S/C22H28N2O/c1-16-10-11-20-19(12-16)17(2)13-22(3,4)24(20)21(25)15-23-14-18-8-6-5-7-9-18/h5-12,17,23H,13-15H2,1-4H3/p+1/t17-/m1/s1. The van der Waals surface area contributed by atoms with E-state index in [2.05, 4.69) is 63.3 Å². The number of carbonyl (C=O) groups excluding carboxylic acids is 1. The molecular weight excluding hydrogens is 308 g/mol. The maximum absolute atomic E-state index is 13.1. The van der Waals surface area contributed by atoms with E-state index in [0.29, 0.717) is 12.5 Å². The molecule has 0 fully saturated rings. The number of hydrogen-bond donors (Lipinski definition) is 1. The number of fused-ring (bicyclic) bond motifs is 1. The summed E-state index contributed by atoms with van der Waals surface area (Å²) >= 11 is 0. The first-order chi connectivity index (χ1) is 11.9. The van der Waals surface area contributed by atoms with Gasteiger partial charge in [0.1, 0.15) is 6.54 Å². The van der Waals surface area contributed by atoms with E-state index in [9.17, 15) is 4.79 Å². The molecule has 0 aromatic heterocycles. The van der Waals surface area contributed by atoms with E-state index < -0.39 is 0 Å². The Morgan fingerprint density at radius 2 is 1.92 bits per heavy atom. The van der Waals surface area contributed by atoms with Gasteiger partial charge in [-0.15, -0.1) is 0 Å². The minimum Gasteiger partial charge on any atom is -0.335 e. The Hall–Kier alpha value is -2.13. The fourth-order valence-corrected chi connectivity index (χ4v) is 4.09. The highest BCUT2D eigenvalue weighted by atomic mass is 16.2. The highest BCUT2D eigenvalue weighted by Crippen LogP contribution is 2.43. The van der Waals surface area contributed by atoms with E-state index in [4.69, 9.17) is 0 Å². The molecule has 2 aromatic carbocycles. The number of rotatable bonds is 4. The Morgan fingerprint density at radius 1 is 1.20 bits per heavy atom. The van der Waals surface area contributed by atoms with Crippen molar-refractivity contribution in [3.8, 4) is 0 Å². The van der Waals surface area contributed by atoms with Crippen molar-refractivity contribution in [3.63, 3.8) is 0 Å². The molecule has 3 nitrogen and oxygen atoms in total. The van der Waals surface area contributed by atoms with Gasteiger partial charge in [0.2, 0.25) is 0 Å². The van der Waals surface area contributed by atoms with E-state index in [-0.39, 0.29) is 11.4 Å². The lowest BCUT2D eigenvalue weighted by atomic mass is 9.79. The third-order valence-electron chi connectivity index (χ3n) is 5.16. The van der Waals surface area contributed by atoms with Crippen LogP contribution in [0.25, 0.3) is 0 Å². The Morgan fingerprint density at radius 3 is 2.64 bits per heavy atom. The molecule has 0 bridgehead atoms. The molecule has 1 amide bonds. The summed E-state index contributed by atoms with van der Waals surface area (Å²) in [4.78, 5) is 15.1. The van der Waals surface area contributed by atoms with Crippen LogP contribution in [0.3, 0.4) is 0 Å². The van der Waals surface area contributed by atoms with Gasteiger partial charge in [0, 0.05) is 16.8 Å². The van der Waals surface area contributed by atoms with Crippen LogP contribution in [0.2, 0.25) is 0 Å². The molecule has 2 N–H and O–H groups in total. The SMILES string of the molecule is Cc1ccc2c(c1)[C@H](C)CC(C)(C)N2C(=O)C[NH2+]Cc1ccccc1. The maximum Gasteiger partial charge on any atom is 0.282 e. The van der Waals surface area contributed by atoms with Crippen molar-refractivity contribution in [1.29, 1.82) is 0 Å². The molecule has 0 unspecified atom stereocenters. The van der Waals surface area contributed by atoms with E-state index in [1.165, 1.54) is 16.7 Å². The molecule has 3 rings (SSSR count). The van der Waals surface area contributed by atoms with Gasteiger partial charge in [-0.05, 0) is 44.7 Å². The van der Waals surface area contributed by atoms with E-state index >= 15 is 0 Å². The van der Waals surface area contributed by atoms with E-state index in [1.54, 1.807) is 0 Å². The summed E-state index contributed by atoms with van der Waals surface area (Å²) in [6, 6.07) is 16.8. The third-order valence-corrected chi connectivity index (χ3v) is 5.16. The van der Waals surface area contributed by atoms with E-state index in [0.717, 1.165) is 18.7 Å². The monoisotopic (exact) mass is 337 g/mol. The van der Waals surface area contributed by atoms with Crippen LogP contribution in [0.15, 0.2) is 48.5 Å². The molecule has 1 aliphatic rings. The first-order valence-electron chi connectivity index (χ1n) is 9.18. The summed E-state index contributed by atoms with van der Waals surface area (Å²) < 4.78 is 0. The normalized spacial score (nSPS) is 18.7. The van der Waals surface area contributed by atoms with Crippen molar-refractivity contribution < 1.29 is 10.1 Å². The minimum atomic E-state index is -0.153. The summed E-state index contributed by atoms with van der Waals surface area (Å²) in [5.41, 5.74) is 4.74. The van der Waals surface area contributed by atoms with Crippen molar-refractivity contribution in [2.75, 3.05) is 11.4 Å². The number of nitrogens with zero attached hydrogens (tertiary/aromatic N) is 1. The smallest absolute Gasteiger partial charge is 0.282 e. The number of hydrogen-bond acceptors (Lipinski definition) is 1. The van der Waals surface area contributed by atoms with Crippen molar-refractivity contribution >= 4 is 11.6 Å². The van der Waals surface area contributed by atoms with Crippen LogP contribution in [0.4, 0.5) is 5.69 Å². The lowest BCUT2D eigenvalue weighted by Gasteiger charge is -2.45. The number of benzene rings is 2. The molecule has 1 atom stereocenters. The van der Waals surface area contributed by atoms with Gasteiger partial charge in [0.25, 0.3) is 5.91 Å². The number of nitrogens with two attached hydrogens (primary N) is 1. The van der Waals surface area contributed by atoms with Crippen LogP contribution < -0.4 is 10.2 Å². The Bertz CT molecular complexity index is 752. The second-order valence-corrected chi connectivity index (χ2v) is 7.89. The summed E-state index contributed by atoms with van der Waals surface area (Å²) in [7, 11) is 0. The van der Waals surface area contributed by atoms with Gasteiger partial charge in [-0.3, -0.25) is 4.79 Å². The molecular formula is C22H29N2O+. The second kappa shape index (κ2) is 7.01. The quantitative estimate of drug-likeness (QED) is 0.912. The molecule has 0 spiro atoms. The number of aryl methyl sites for hydroxylation is 1. The molecule has 2 aromatic rings. The largest absolute Gasteiger partial charge is 0.335 e. The van der Waals surface area contributed by atoms with Crippen LogP contribution in [-0.4, -0.2) is 18.0 Å². The Balaban J connectivity index is 1.77. The van der Waals surface area contributed by atoms with Gasteiger partial charge in [-0.2, -0.15) is 0 Å². The first kappa shape index (κ1) is 17.7. The van der Waals surface area contributed by atoms with Gasteiger partial charge in [-0.1, -0.05) is 55.0 Å². The number of quaternary nitrogens is 1. The first-order valence-corrected chi connectivity index (χ1v) is 9.18. The molecule has 0 aliphatic carbocycles. The van der Waals surface area contributed by atoms with Crippen LogP contribution >= 0.6 is 0 Å². The Labute approximate surface area is 151 Å². The van der Waals surface area contributed by atoms with Gasteiger partial charge in [-0.25, -0.2) is 0 Å². The lowest BCUT2D eigenvalue weighted by Crippen LogP contribution is -2.85. The van der Waals surface area contributed by atoms with Crippen LogP contribution in [0.5, 0.6) is 0 Å². The zero-order valence-electron chi connectivity index (χ0n) is 15.8. The Kier molecular flexibility index (Phi) is 4.96. The maximum atomic E-state index is 13.1. The van der Waals surface area contributed by atoms with E-state index in [1.807, 2.05) is 23.1 Å². The van der Waals surface area contributed by atoms with Crippen LogP contribution in [-0.2, 0) is 11.3 Å². The molecule has 3 heteroatoms. The van der Waals surface area contributed by atoms with Crippen LogP contribution in [0.1, 0.15) is 49.8 Å². The summed E-state index contributed by atoms with van der Waals surface area (Å²) in [6.07, 6.45) is 0.994.